The highest BCUT2D eigenvalue weighted by Gasteiger charge is 2.53. The maximum atomic E-state index is 11.4. The van der Waals surface area contributed by atoms with Gasteiger partial charge in [0.15, 0.2) is 0 Å². The van der Waals surface area contributed by atoms with Crippen LogP contribution in [-0.2, 0) is 20.7 Å². The molecule has 0 radical (unpaired) electrons. The molecule has 472 valence electrons. The van der Waals surface area contributed by atoms with Crippen LogP contribution in [0.3, 0.4) is 0 Å². The van der Waals surface area contributed by atoms with E-state index in [2.05, 4.69) is 73.1 Å². The summed E-state index contributed by atoms with van der Waals surface area (Å²) in [5.74, 6) is 15.2. The molecule has 1 aliphatic heterocycles. The molecule has 12 bridgehead atoms. The normalized spacial score (nSPS) is 36.5. The Labute approximate surface area is 534 Å². The minimum Gasteiger partial charge on any atom is -0.497 e. The molecule has 1 heterocycles. The first-order valence-electron chi connectivity index (χ1n) is 34.6. The number of fused-ring (bicyclic) bond motifs is 12. The van der Waals surface area contributed by atoms with E-state index in [1.807, 2.05) is 25.3 Å². The van der Waals surface area contributed by atoms with Crippen LogP contribution < -0.4 is 14.2 Å². The summed E-state index contributed by atoms with van der Waals surface area (Å²) in [5, 5.41) is 22.5. The molecule has 0 spiro atoms. The summed E-state index contributed by atoms with van der Waals surface area (Å²) < 4.78 is 22.5. The second kappa shape index (κ2) is 30.3. The van der Waals surface area contributed by atoms with Crippen LogP contribution in [0.5, 0.6) is 17.2 Å². The number of ketones is 1. The third-order valence-electron chi connectivity index (χ3n) is 24.6. The number of carbonyl (C=O) groups is 1. The van der Waals surface area contributed by atoms with Gasteiger partial charge >= 0.3 is 0 Å². The number of halogens is 3. The molecule has 11 heteroatoms. The van der Waals surface area contributed by atoms with Crippen molar-refractivity contribution in [2.24, 2.45) is 71.0 Å². The van der Waals surface area contributed by atoms with E-state index in [0.29, 0.717) is 29.5 Å². The van der Waals surface area contributed by atoms with Crippen molar-refractivity contribution >= 4 is 53.7 Å². The highest BCUT2D eigenvalue weighted by molar-refractivity contribution is 9.10. The van der Waals surface area contributed by atoms with Crippen LogP contribution in [0.2, 0.25) is 18.1 Å². The monoisotopic (exact) mass is 1290 g/mol. The fraction of sp³-hybridized carbons (Fsp3) is 0.743. The van der Waals surface area contributed by atoms with Crippen molar-refractivity contribution in [2.75, 3.05) is 39.9 Å². The summed E-state index contributed by atoms with van der Waals surface area (Å²) in [4.78, 5) is 10.8. The maximum absolute atomic E-state index is 11.4. The Morgan fingerprint density at radius 2 is 0.918 bits per heavy atom. The zero-order valence-corrected chi connectivity index (χ0v) is 57.4. The van der Waals surface area contributed by atoms with Gasteiger partial charge in [0.1, 0.15) is 23.0 Å². The second-order valence-corrected chi connectivity index (χ2v) is 35.2. The minimum atomic E-state index is -0.625. The molecule has 2 N–H and O–H groups in total. The van der Waals surface area contributed by atoms with Gasteiger partial charge in [-0.1, -0.05) is 86.2 Å². The molecule has 16 rings (SSSR count). The fourth-order valence-corrected chi connectivity index (χ4v) is 22.2. The van der Waals surface area contributed by atoms with Crippen LogP contribution in [-0.4, -0.2) is 64.7 Å². The Hall–Kier alpha value is -2.11. The van der Waals surface area contributed by atoms with Crippen molar-refractivity contribution < 1.29 is 34.0 Å². The molecule has 3 aromatic rings. The number of benzene rings is 3. The predicted molar refractivity (Wildman–Crippen MR) is 356 cm³/mol. The van der Waals surface area contributed by atoms with Gasteiger partial charge in [-0.25, -0.2) is 0 Å². The van der Waals surface area contributed by atoms with E-state index < -0.39 is 11.2 Å². The molecule has 12 saturated carbocycles. The van der Waals surface area contributed by atoms with Gasteiger partial charge in [0, 0.05) is 38.8 Å². The van der Waals surface area contributed by atoms with Crippen molar-refractivity contribution in [3.8, 4) is 17.2 Å². The van der Waals surface area contributed by atoms with E-state index in [9.17, 15) is 15.0 Å². The Bertz CT molecular complexity index is 2570. The molecule has 1 saturated heterocycles. The van der Waals surface area contributed by atoms with E-state index in [4.69, 9.17) is 42.1 Å². The summed E-state index contributed by atoms with van der Waals surface area (Å²) in [7, 11) is 5.09. The molecular weight excluding hydrogens is 1180 g/mol. The molecule has 17 atom stereocenters. The predicted octanol–water partition coefficient (Wildman–Crippen LogP) is 19.4. The number of aliphatic hydroxyl groups is 2. The zero-order valence-electron chi connectivity index (χ0n) is 53.1. The van der Waals surface area contributed by atoms with Gasteiger partial charge in [-0.05, 0) is 294 Å². The molecule has 0 amide bonds. The van der Waals surface area contributed by atoms with E-state index in [-0.39, 0.29) is 14.1 Å². The summed E-state index contributed by atoms with van der Waals surface area (Å²) in [6.07, 6.45) is 33.8. The largest absolute Gasteiger partial charge is 0.497 e. The fourth-order valence-electron chi connectivity index (χ4n) is 20.0. The third-order valence-corrected chi connectivity index (χ3v) is 28.6. The number of alkyl halides is 2. The molecule has 17 unspecified atom stereocenters. The quantitative estimate of drug-likeness (QED) is 0.146. The van der Waals surface area contributed by atoms with Crippen LogP contribution in [0, 0.1) is 71.0 Å². The van der Waals surface area contributed by atoms with Gasteiger partial charge in [0.05, 0.1) is 37.9 Å². The summed E-state index contributed by atoms with van der Waals surface area (Å²) in [5.41, 5.74) is 5.57. The van der Waals surface area contributed by atoms with Crippen molar-refractivity contribution in [2.45, 2.75) is 235 Å². The number of ether oxygens (including phenoxy) is 4. The Balaban J connectivity index is 0.000000120. The summed E-state index contributed by atoms with van der Waals surface area (Å²) in [6.45, 7) is 8.97. The van der Waals surface area contributed by atoms with E-state index in [0.717, 1.165) is 137 Å². The molecule has 3 aromatic carbocycles. The van der Waals surface area contributed by atoms with Crippen molar-refractivity contribution in [1.29, 1.82) is 0 Å². The smallest absolute Gasteiger partial charge is 0.136 e. The number of hydrogen-bond acceptors (Lipinski definition) is 7. The molecule has 7 nitrogen and oxygen atoms in total. The van der Waals surface area contributed by atoms with Gasteiger partial charge in [-0.3, -0.25) is 4.79 Å². The third kappa shape index (κ3) is 15.6. The van der Waals surface area contributed by atoms with Gasteiger partial charge in [0.2, 0.25) is 0 Å². The summed E-state index contributed by atoms with van der Waals surface area (Å²) >= 11 is 13.0. The maximum Gasteiger partial charge on any atom is 0.136 e. The minimum absolute atomic E-state index is 0.171. The van der Waals surface area contributed by atoms with Gasteiger partial charge in [-0.2, -0.15) is 0 Å². The summed E-state index contributed by atoms with van der Waals surface area (Å²) in [6, 6.07) is 24.4. The molecule has 13 aliphatic rings. The lowest BCUT2D eigenvalue weighted by molar-refractivity contribution is -0.121. The van der Waals surface area contributed by atoms with Crippen molar-refractivity contribution in [3.05, 3.63) is 86.9 Å². The molecule has 85 heavy (non-hydrogen) atoms. The number of carbonyl (C=O) groups excluding carboxylic acids is 1. The average molecular weight is 1290 g/mol. The van der Waals surface area contributed by atoms with E-state index >= 15 is 0 Å². The molecule has 13 fully saturated rings. The first-order valence-corrected chi connectivity index (χ1v) is 38.9. The van der Waals surface area contributed by atoms with Gasteiger partial charge in [-0.15, -0.1) is 23.2 Å². The second-order valence-electron chi connectivity index (χ2n) is 29.3. The number of Topliss-reactive ketones (excluding diaryl/α,β-unsaturated/α-hetero) is 1. The van der Waals surface area contributed by atoms with E-state index in [1.165, 1.54) is 165 Å². The van der Waals surface area contributed by atoms with Gasteiger partial charge in [0.25, 0.3) is 0 Å². The van der Waals surface area contributed by atoms with Gasteiger partial charge < -0.3 is 29.2 Å². The van der Waals surface area contributed by atoms with Crippen LogP contribution >= 0.6 is 39.1 Å². The molecular formula is C74H109BrCl2O7Si. The van der Waals surface area contributed by atoms with Crippen molar-refractivity contribution in [3.63, 3.8) is 0 Å². The first-order chi connectivity index (χ1) is 41.2. The Morgan fingerprint density at radius 3 is 1.21 bits per heavy atom. The number of hydrogen-bond donors (Lipinski definition) is 2. The van der Waals surface area contributed by atoms with Crippen LogP contribution in [0.25, 0.3) is 0 Å². The molecule has 12 aliphatic carbocycles. The van der Waals surface area contributed by atoms with Crippen LogP contribution in [0.1, 0.15) is 233 Å². The number of methoxy groups -OCH3 is 3. The van der Waals surface area contributed by atoms with Crippen molar-refractivity contribution in [1.82, 2.24) is 0 Å². The highest BCUT2D eigenvalue weighted by atomic mass is 79.9. The Kier molecular flexibility index (Phi) is 23.5. The Morgan fingerprint density at radius 1 is 0.506 bits per heavy atom. The first kappa shape index (κ1) is 65.8. The SMILES string of the molecule is C1CCOC1.CC[SiH](CC)CC.COc1cc(Br)cc(C2(O)CC3CCC2C3)c1.COc1cc(C2CC3CCC2C3)cc(C2(O)CC3CCC2C3)c1.COc1cc(C2CC3CCC2C3)cc(C2CC3CCC2C3)c1.ClCCl.O=C1CC2CCC1C2. The van der Waals surface area contributed by atoms with Crippen LogP contribution in [0.15, 0.2) is 59.1 Å². The van der Waals surface area contributed by atoms with E-state index in [1.54, 1.807) is 25.3 Å². The lowest BCUT2D eigenvalue weighted by atomic mass is 9.76. The lowest BCUT2D eigenvalue weighted by Crippen LogP contribution is -2.32. The topological polar surface area (TPSA) is 94.5 Å². The number of rotatable bonds is 11. The standard InChI is InChI=1S/C21H28O2.C21H28O.C14H17BrO2.C7H10O.C6H16Si.C4H8O.CH2Cl2/c1-23-19-10-16(20-8-13-2-4-15(20)6-13)9-18(11-19)21(22)12-14-3-5-17(21)7-14;1-22-19-11-17(20-8-13-2-4-15(20)6-13)10-18(12-19)21-9-14-3-5-16(21)7-14;1-17-13-6-11(5-12(15)7-13)14(16)8-9-2-3-10(14)4-9;8-7-4-5-1-2-6(7)3-5;1-4-7(5-2)6-3;1-2-4-5-3-1;2-1-3/h9-11,13-15,17,20,22H,2-8,12H2,1H3;10-16,20-21H,2-9H2,1H3;5-7,9-10,16H,2-4,8H2,1H3;5-6H,1-4H2;7H,4-6H2,1-3H3;1-4H2;1H2. The van der Waals surface area contributed by atoms with Crippen LogP contribution in [0.4, 0.5) is 0 Å². The average Bonchev–Trinajstić information content (AvgIpc) is 2.12. The molecule has 0 aromatic heterocycles. The zero-order chi connectivity index (χ0) is 59.8. The lowest BCUT2D eigenvalue weighted by Gasteiger charge is -2.34. The highest BCUT2D eigenvalue weighted by Crippen LogP contribution is 2.60.